The van der Waals surface area contributed by atoms with Gasteiger partial charge in [0.25, 0.3) is 0 Å². The average molecular weight is 281 g/mol. The summed E-state index contributed by atoms with van der Waals surface area (Å²) < 4.78 is 1.87. The molecule has 0 aliphatic heterocycles. The molecular formula is C13H17ClN4O. The van der Waals surface area contributed by atoms with E-state index in [1.807, 2.05) is 29.8 Å². The van der Waals surface area contributed by atoms with Gasteiger partial charge in [0.2, 0.25) is 5.91 Å². The van der Waals surface area contributed by atoms with Crippen LogP contribution in [0.25, 0.3) is 5.65 Å². The van der Waals surface area contributed by atoms with Gasteiger partial charge in [-0.25, -0.2) is 4.98 Å². The maximum absolute atomic E-state index is 11.6. The highest BCUT2D eigenvalue weighted by Gasteiger charge is 2.06. The number of likely N-dealkylation sites (N-methyl/N-ethyl adjacent to an activating group) is 1. The van der Waals surface area contributed by atoms with Crippen LogP contribution < -0.4 is 5.32 Å². The number of hydrogen-bond acceptors (Lipinski definition) is 3. The summed E-state index contributed by atoms with van der Waals surface area (Å²) in [6.45, 7) is 3.54. The monoisotopic (exact) mass is 280 g/mol. The predicted molar refractivity (Wildman–Crippen MR) is 75.2 cm³/mol. The van der Waals surface area contributed by atoms with E-state index in [0.29, 0.717) is 24.7 Å². The Morgan fingerprint density at radius 3 is 3.00 bits per heavy atom. The standard InChI is InChI=1S/C13H17ClN4O/c1-3-17(2)13(19)7-15-6-11-9-18-8-10(14)4-5-12(18)16-11/h4-5,8-9,15H,3,6-7H2,1-2H3. The molecule has 5 nitrogen and oxygen atoms in total. The third-order valence-corrected chi connectivity index (χ3v) is 3.17. The van der Waals surface area contributed by atoms with E-state index in [1.165, 1.54) is 0 Å². The molecule has 19 heavy (non-hydrogen) atoms. The smallest absolute Gasteiger partial charge is 0.236 e. The van der Waals surface area contributed by atoms with Crippen molar-refractivity contribution in [3.8, 4) is 0 Å². The average Bonchev–Trinajstić information content (AvgIpc) is 2.79. The van der Waals surface area contributed by atoms with Crippen LogP contribution in [0.5, 0.6) is 0 Å². The van der Waals surface area contributed by atoms with Crippen molar-refractivity contribution in [2.75, 3.05) is 20.1 Å². The molecule has 0 aromatic carbocycles. The first kappa shape index (κ1) is 13.8. The Balaban J connectivity index is 1.93. The number of nitrogens with one attached hydrogen (secondary N) is 1. The van der Waals surface area contributed by atoms with Gasteiger partial charge in [-0.3, -0.25) is 4.79 Å². The van der Waals surface area contributed by atoms with Crippen molar-refractivity contribution in [3.05, 3.63) is 35.2 Å². The molecular weight excluding hydrogens is 264 g/mol. The number of amides is 1. The van der Waals surface area contributed by atoms with Crippen LogP contribution in [0.15, 0.2) is 24.5 Å². The molecule has 6 heteroatoms. The summed E-state index contributed by atoms with van der Waals surface area (Å²) in [5.41, 5.74) is 1.73. The Hall–Kier alpha value is -1.59. The molecule has 0 spiro atoms. The van der Waals surface area contributed by atoms with E-state index in [1.54, 1.807) is 18.0 Å². The molecule has 0 bridgehead atoms. The maximum atomic E-state index is 11.6. The first-order valence-corrected chi connectivity index (χ1v) is 6.55. The summed E-state index contributed by atoms with van der Waals surface area (Å²) in [6, 6.07) is 3.67. The lowest BCUT2D eigenvalue weighted by atomic mass is 10.4. The molecule has 0 saturated carbocycles. The summed E-state index contributed by atoms with van der Waals surface area (Å²) in [5, 5.41) is 3.76. The number of halogens is 1. The summed E-state index contributed by atoms with van der Waals surface area (Å²) >= 11 is 5.91. The number of aromatic nitrogens is 2. The molecule has 0 atom stereocenters. The lowest BCUT2D eigenvalue weighted by molar-refractivity contribution is -0.128. The van der Waals surface area contributed by atoms with Crippen molar-refractivity contribution in [3.63, 3.8) is 0 Å². The van der Waals surface area contributed by atoms with Gasteiger partial charge < -0.3 is 14.6 Å². The number of imidazole rings is 1. The zero-order valence-corrected chi connectivity index (χ0v) is 11.8. The number of nitrogens with zero attached hydrogens (tertiary/aromatic N) is 3. The highest BCUT2D eigenvalue weighted by molar-refractivity contribution is 6.30. The quantitative estimate of drug-likeness (QED) is 0.904. The number of carbonyl (C=O) groups is 1. The molecule has 102 valence electrons. The fourth-order valence-corrected chi connectivity index (χ4v) is 1.88. The normalized spacial score (nSPS) is 10.9. The fraction of sp³-hybridized carbons (Fsp3) is 0.385. The lowest BCUT2D eigenvalue weighted by Crippen LogP contribution is -2.35. The van der Waals surface area contributed by atoms with Crippen LogP contribution in [-0.2, 0) is 11.3 Å². The number of pyridine rings is 1. The molecule has 0 fully saturated rings. The minimum atomic E-state index is 0.0781. The first-order valence-electron chi connectivity index (χ1n) is 6.18. The van der Waals surface area contributed by atoms with Gasteiger partial charge in [-0.1, -0.05) is 11.6 Å². The largest absolute Gasteiger partial charge is 0.345 e. The van der Waals surface area contributed by atoms with E-state index in [0.717, 1.165) is 11.3 Å². The van der Waals surface area contributed by atoms with Gasteiger partial charge in [-0.05, 0) is 19.1 Å². The highest BCUT2D eigenvalue weighted by atomic mass is 35.5. The van der Waals surface area contributed by atoms with Crippen molar-refractivity contribution in [2.24, 2.45) is 0 Å². The van der Waals surface area contributed by atoms with Gasteiger partial charge in [0.15, 0.2) is 0 Å². The van der Waals surface area contributed by atoms with Crippen molar-refractivity contribution < 1.29 is 4.79 Å². The van der Waals surface area contributed by atoms with Gasteiger partial charge in [-0.15, -0.1) is 0 Å². The third kappa shape index (κ3) is 3.45. The van der Waals surface area contributed by atoms with Gasteiger partial charge in [-0.2, -0.15) is 0 Å². The van der Waals surface area contributed by atoms with Crippen LogP contribution in [0.1, 0.15) is 12.6 Å². The van der Waals surface area contributed by atoms with Gasteiger partial charge in [0.05, 0.1) is 17.3 Å². The summed E-state index contributed by atoms with van der Waals surface area (Å²) in [7, 11) is 1.79. The van der Waals surface area contributed by atoms with Crippen LogP contribution in [0.4, 0.5) is 0 Å². The van der Waals surface area contributed by atoms with Crippen molar-refractivity contribution in [1.82, 2.24) is 19.6 Å². The van der Waals surface area contributed by atoms with Gasteiger partial charge in [0.1, 0.15) is 5.65 Å². The third-order valence-electron chi connectivity index (χ3n) is 2.95. The Bertz CT molecular complexity index is 581. The van der Waals surface area contributed by atoms with E-state index in [2.05, 4.69) is 10.3 Å². The maximum Gasteiger partial charge on any atom is 0.236 e. The Kier molecular flexibility index (Phi) is 4.39. The van der Waals surface area contributed by atoms with Crippen LogP contribution in [0, 0.1) is 0 Å². The Morgan fingerprint density at radius 1 is 1.47 bits per heavy atom. The summed E-state index contributed by atoms with van der Waals surface area (Å²) in [5.74, 6) is 0.0781. The number of carbonyl (C=O) groups excluding carboxylic acids is 1. The predicted octanol–water partition coefficient (Wildman–Crippen LogP) is 1.56. The van der Waals surface area contributed by atoms with E-state index in [-0.39, 0.29) is 5.91 Å². The van der Waals surface area contributed by atoms with Crippen LogP contribution in [0.2, 0.25) is 5.02 Å². The Morgan fingerprint density at radius 2 is 2.26 bits per heavy atom. The zero-order chi connectivity index (χ0) is 13.8. The SMILES string of the molecule is CCN(C)C(=O)CNCc1cn2cc(Cl)ccc2n1. The summed E-state index contributed by atoms with van der Waals surface area (Å²) in [6.07, 6.45) is 3.71. The number of hydrogen-bond donors (Lipinski definition) is 1. The van der Waals surface area contributed by atoms with E-state index in [4.69, 9.17) is 11.6 Å². The van der Waals surface area contributed by atoms with Crippen molar-refractivity contribution in [1.29, 1.82) is 0 Å². The first-order chi connectivity index (χ1) is 9.10. The molecule has 0 aliphatic carbocycles. The molecule has 2 heterocycles. The van der Waals surface area contributed by atoms with Crippen molar-refractivity contribution in [2.45, 2.75) is 13.5 Å². The molecule has 0 saturated heterocycles. The molecule has 1 amide bonds. The molecule has 2 rings (SSSR count). The summed E-state index contributed by atoms with van der Waals surface area (Å²) in [4.78, 5) is 17.7. The number of fused-ring (bicyclic) bond motifs is 1. The molecule has 1 N–H and O–H groups in total. The molecule has 2 aromatic rings. The van der Waals surface area contributed by atoms with Crippen molar-refractivity contribution >= 4 is 23.2 Å². The van der Waals surface area contributed by atoms with Gasteiger partial charge >= 0.3 is 0 Å². The van der Waals surface area contributed by atoms with Crippen LogP contribution >= 0.6 is 11.6 Å². The lowest BCUT2D eigenvalue weighted by Gasteiger charge is -2.14. The van der Waals surface area contributed by atoms with Crippen LogP contribution in [0.3, 0.4) is 0 Å². The van der Waals surface area contributed by atoms with E-state index in [9.17, 15) is 4.79 Å². The van der Waals surface area contributed by atoms with Crippen LogP contribution in [-0.4, -0.2) is 40.3 Å². The fourth-order valence-electron chi connectivity index (χ4n) is 1.71. The highest BCUT2D eigenvalue weighted by Crippen LogP contribution is 2.11. The zero-order valence-electron chi connectivity index (χ0n) is 11.1. The second-order valence-electron chi connectivity index (χ2n) is 4.36. The second-order valence-corrected chi connectivity index (χ2v) is 4.79. The number of rotatable bonds is 5. The second kappa shape index (κ2) is 6.04. The molecule has 2 aromatic heterocycles. The van der Waals surface area contributed by atoms with E-state index >= 15 is 0 Å². The minimum absolute atomic E-state index is 0.0781. The molecule has 0 aliphatic rings. The Labute approximate surface area is 117 Å². The molecule has 0 radical (unpaired) electrons. The minimum Gasteiger partial charge on any atom is -0.345 e. The van der Waals surface area contributed by atoms with Gasteiger partial charge in [0, 0.05) is 32.5 Å². The molecule has 0 unspecified atom stereocenters. The van der Waals surface area contributed by atoms with E-state index < -0.39 is 0 Å². The topological polar surface area (TPSA) is 49.6 Å².